The van der Waals surface area contributed by atoms with Crippen LogP contribution in [-0.2, 0) is 0 Å². The van der Waals surface area contributed by atoms with Crippen LogP contribution in [0.15, 0.2) is 23.4 Å². The highest BCUT2D eigenvalue weighted by Crippen LogP contribution is 2.45. The molecule has 11 nitrogen and oxygen atoms in total. The Bertz CT molecular complexity index is 1190. The Morgan fingerprint density at radius 2 is 1.80 bits per heavy atom. The number of aromatic nitrogens is 5. The van der Waals surface area contributed by atoms with E-state index in [4.69, 9.17) is 14.5 Å². The predicted octanol–water partition coefficient (Wildman–Crippen LogP) is 1.74. The molecule has 2 aliphatic rings. The monoisotopic (exact) mass is 502 g/mol. The molecule has 0 spiro atoms. The Morgan fingerprint density at radius 1 is 1.06 bits per heavy atom. The molecule has 1 aromatic carbocycles. The van der Waals surface area contributed by atoms with Crippen molar-refractivity contribution < 1.29 is 24.8 Å². The van der Waals surface area contributed by atoms with Crippen molar-refractivity contribution in [1.29, 1.82) is 0 Å². The van der Waals surface area contributed by atoms with Gasteiger partial charge in [-0.2, -0.15) is 0 Å². The fourth-order valence-corrected chi connectivity index (χ4v) is 5.25. The molecule has 2 unspecified atom stereocenters. The second-order valence-electron chi connectivity index (χ2n) is 9.00. The van der Waals surface area contributed by atoms with E-state index in [0.717, 1.165) is 35.7 Å². The summed E-state index contributed by atoms with van der Waals surface area (Å²) < 4.78 is 12.3. The van der Waals surface area contributed by atoms with Gasteiger partial charge in [-0.3, -0.25) is 0 Å². The van der Waals surface area contributed by atoms with Crippen molar-refractivity contribution in [1.82, 2.24) is 25.0 Å². The second-order valence-corrected chi connectivity index (χ2v) is 10.1. The molecule has 2 heterocycles. The highest BCUT2D eigenvalue weighted by molar-refractivity contribution is 7.99. The molecule has 0 bridgehead atoms. The van der Waals surface area contributed by atoms with E-state index >= 15 is 0 Å². The van der Waals surface area contributed by atoms with Crippen LogP contribution in [0.25, 0.3) is 11.2 Å². The van der Waals surface area contributed by atoms with E-state index in [9.17, 15) is 15.3 Å². The number of hydrogen-bond donors (Lipinski definition) is 4. The first kappa shape index (κ1) is 24.0. The molecule has 2 saturated carbocycles. The van der Waals surface area contributed by atoms with Crippen LogP contribution in [0.4, 0.5) is 5.82 Å². The van der Waals surface area contributed by atoms with Crippen LogP contribution in [0.3, 0.4) is 0 Å². The molecule has 0 amide bonds. The lowest BCUT2D eigenvalue weighted by molar-refractivity contribution is -0.0253. The number of methoxy groups -OCH3 is 2. The third-order valence-electron chi connectivity index (χ3n) is 6.59. The number of ether oxygens (including phenoxy) is 2. The number of aliphatic hydroxyl groups is 3. The van der Waals surface area contributed by atoms with Crippen LogP contribution >= 0.6 is 11.8 Å². The van der Waals surface area contributed by atoms with Crippen molar-refractivity contribution in [2.45, 2.75) is 67.7 Å². The predicted molar refractivity (Wildman–Crippen MR) is 130 cm³/mol. The molecule has 0 saturated heterocycles. The molecule has 188 valence electrons. The zero-order valence-electron chi connectivity index (χ0n) is 19.8. The molecule has 2 aliphatic carbocycles. The number of thioether (sulfide) groups is 1. The van der Waals surface area contributed by atoms with Gasteiger partial charge < -0.3 is 30.1 Å². The Hall–Kier alpha value is -2.67. The topological polar surface area (TPSA) is 148 Å². The third-order valence-corrected chi connectivity index (χ3v) is 7.64. The van der Waals surface area contributed by atoms with E-state index < -0.39 is 24.4 Å². The standard InChI is InChI=1S/C23H30N6O5S/c1-4-5-35-23-25-21(24-15-9-14(15)11-6-12(33-2)8-13(7-11)34-3)18-22(26-23)29(28-27-18)16-10-17(30)20(32)19(16)31/h6-8,14-17,19-20,30-32H,4-5,9-10H2,1-3H3,(H,24,25,26)/t14?,15?,16-,17+,19+,20-/m1/s1. The Morgan fingerprint density at radius 3 is 2.43 bits per heavy atom. The summed E-state index contributed by atoms with van der Waals surface area (Å²) >= 11 is 1.54. The highest BCUT2D eigenvalue weighted by atomic mass is 32.2. The largest absolute Gasteiger partial charge is 0.497 e. The van der Waals surface area contributed by atoms with Crippen molar-refractivity contribution >= 4 is 28.7 Å². The van der Waals surface area contributed by atoms with Crippen molar-refractivity contribution in [3.8, 4) is 11.5 Å². The average Bonchev–Trinajstić information content (AvgIpc) is 3.44. The number of nitrogens with zero attached hydrogens (tertiary/aromatic N) is 5. The molecule has 5 rings (SSSR count). The number of hydrogen-bond acceptors (Lipinski definition) is 11. The molecule has 6 atom stereocenters. The second kappa shape index (κ2) is 9.76. The molecule has 3 aromatic rings. The van der Waals surface area contributed by atoms with Gasteiger partial charge in [0.2, 0.25) is 0 Å². The van der Waals surface area contributed by atoms with E-state index in [-0.39, 0.29) is 18.4 Å². The van der Waals surface area contributed by atoms with Crippen LogP contribution in [0, 0.1) is 0 Å². The molecule has 4 N–H and O–H groups in total. The van der Waals surface area contributed by atoms with Gasteiger partial charge in [-0.1, -0.05) is 23.9 Å². The number of fused-ring (bicyclic) bond motifs is 1. The summed E-state index contributed by atoms with van der Waals surface area (Å²) in [5.41, 5.74) is 2.07. The van der Waals surface area contributed by atoms with Crippen LogP contribution < -0.4 is 14.8 Å². The summed E-state index contributed by atoms with van der Waals surface area (Å²) in [6.07, 6.45) is -1.40. The Kier molecular flexibility index (Phi) is 6.71. The van der Waals surface area contributed by atoms with Gasteiger partial charge >= 0.3 is 0 Å². The number of anilines is 1. The molecular weight excluding hydrogens is 472 g/mol. The molecule has 0 aliphatic heterocycles. The molecule has 2 fully saturated rings. The van der Waals surface area contributed by atoms with E-state index in [0.29, 0.717) is 22.1 Å². The van der Waals surface area contributed by atoms with E-state index in [1.165, 1.54) is 16.4 Å². The van der Waals surface area contributed by atoms with Crippen LogP contribution in [0.5, 0.6) is 11.5 Å². The van der Waals surface area contributed by atoms with Gasteiger partial charge in [-0.15, -0.1) is 5.10 Å². The third kappa shape index (κ3) is 4.63. The number of aliphatic hydroxyl groups excluding tert-OH is 3. The minimum Gasteiger partial charge on any atom is -0.497 e. The fraction of sp³-hybridized carbons (Fsp3) is 0.565. The zero-order chi connectivity index (χ0) is 24.7. The SMILES string of the molecule is CCCSc1nc(NC2CC2c2cc(OC)cc(OC)c2)c2nnn([C@@H]3C[C@H](O)[C@@H](O)[C@H]3O)c2n1. The van der Waals surface area contributed by atoms with Crippen LogP contribution in [-0.4, -0.2) is 84.6 Å². The van der Waals surface area contributed by atoms with Crippen molar-refractivity contribution in [3.63, 3.8) is 0 Å². The molecular formula is C23H30N6O5S. The highest BCUT2D eigenvalue weighted by Gasteiger charge is 2.44. The van der Waals surface area contributed by atoms with Crippen molar-refractivity contribution in [2.24, 2.45) is 0 Å². The Labute approximate surface area is 206 Å². The first-order chi connectivity index (χ1) is 16.9. The summed E-state index contributed by atoms with van der Waals surface area (Å²) in [4.78, 5) is 9.37. The summed E-state index contributed by atoms with van der Waals surface area (Å²) in [6.45, 7) is 2.09. The van der Waals surface area contributed by atoms with Crippen LogP contribution in [0.2, 0.25) is 0 Å². The summed E-state index contributed by atoms with van der Waals surface area (Å²) in [5.74, 6) is 3.18. The normalized spacial score (nSPS) is 27.8. The maximum Gasteiger partial charge on any atom is 0.191 e. The number of rotatable bonds is 9. The molecule has 35 heavy (non-hydrogen) atoms. The lowest BCUT2D eigenvalue weighted by Crippen LogP contribution is -2.31. The number of nitrogens with one attached hydrogen (secondary N) is 1. The van der Waals surface area contributed by atoms with Gasteiger partial charge in [-0.25, -0.2) is 14.6 Å². The number of benzene rings is 1. The van der Waals surface area contributed by atoms with E-state index in [2.05, 4.69) is 27.5 Å². The molecule has 0 radical (unpaired) electrons. The molecule has 2 aromatic heterocycles. The first-order valence-corrected chi connectivity index (χ1v) is 12.7. The molecule has 12 heteroatoms. The lowest BCUT2D eigenvalue weighted by atomic mass is 10.1. The summed E-state index contributed by atoms with van der Waals surface area (Å²) in [5, 5.41) is 43.2. The zero-order valence-corrected chi connectivity index (χ0v) is 20.6. The van der Waals surface area contributed by atoms with E-state index in [1.54, 1.807) is 14.2 Å². The summed E-state index contributed by atoms with van der Waals surface area (Å²) in [7, 11) is 3.27. The van der Waals surface area contributed by atoms with Crippen LogP contribution in [0.1, 0.15) is 43.7 Å². The fourth-order valence-electron chi connectivity index (χ4n) is 4.56. The Balaban J connectivity index is 1.45. The average molecular weight is 503 g/mol. The van der Waals surface area contributed by atoms with Gasteiger partial charge in [0.25, 0.3) is 0 Å². The smallest absolute Gasteiger partial charge is 0.191 e. The first-order valence-electron chi connectivity index (χ1n) is 11.7. The van der Waals surface area contributed by atoms with Crippen molar-refractivity contribution in [2.75, 3.05) is 25.3 Å². The van der Waals surface area contributed by atoms with Gasteiger partial charge in [0.15, 0.2) is 22.1 Å². The van der Waals surface area contributed by atoms with Gasteiger partial charge in [-0.05, 0) is 30.5 Å². The van der Waals surface area contributed by atoms with Gasteiger partial charge in [0.05, 0.1) is 26.4 Å². The maximum absolute atomic E-state index is 10.5. The lowest BCUT2D eigenvalue weighted by Gasteiger charge is -2.16. The van der Waals surface area contributed by atoms with E-state index in [1.807, 2.05) is 18.2 Å². The van der Waals surface area contributed by atoms with Gasteiger partial charge in [0.1, 0.15) is 23.7 Å². The quantitative estimate of drug-likeness (QED) is 0.250. The minimum atomic E-state index is -1.24. The maximum atomic E-state index is 10.5. The minimum absolute atomic E-state index is 0.139. The summed E-state index contributed by atoms with van der Waals surface area (Å²) in [6, 6.07) is 5.39. The van der Waals surface area contributed by atoms with Crippen molar-refractivity contribution in [3.05, 3.63) is 23.8 Å². The van der Waals surface area contributed by atoms with Gasteiger partial charge in [0, 0.05) is 30.2 Å².